The molecule has 0 aliphatic heterocycles. The van der Waals surface area contributed by atoms with Gasteiger partial charge in [-0.15, -0.1) is 0 Å². The van der Waals surface area contributed by atoms with E-state index in [0.717, 1.165) is 11.1 Å². The molecule has 0 bridgehead atoms. The highest BCUT2D eigenvalue weighted by atomic mass is 16.2. The van der Waals surface area contributed by atoms with Crippen LogP contribution in [0.3, 0.4) is 0 Å². The van der Waals surface area contributed by atoms with Gasteiger partial charge in [-0.3, -0.25) is 14.3 Å². The van der Waals surface area contributed by atoms with E-state index in [4.69, 9.17) is 5.73 Å². The summed E-state index contributed by atoms with van der Waals surface area (Å²) in [4.78, 5) is 23.2. The standard InChI is InChI=1S/C21H21N5O2/c22-19(27)15-26-14-18(21(25-26)17-9-5-2-6-10-17)13-23-24-20(28)12-11-16-7-3-1-4-8-16/h1-10,13-14H,11-12,15H2,(H2,22,27)(H,24,28). The molecule has 2 aromatic carbocycles. The highest BCUT2D eigenvalue weighted by Gasteiger charge is 2.11. The van der Waals surface area contributed by atoms with E-state index < -0.39 is 5.91 Å². The summed E-state index contributed by atoms with van der Waals surface area (Å²) in [5.74, 6) is -0.661. The van der Waals surface area contributed by atoms with Crippen LogP contribution in [0.25, 0.3) is 11.3 Å². The summed E-state index contributed by atoms with van der Waals surface area (Å²) in [6.07, 6.45) is 4.18. The van der Waals surface area contributed by atoms with Gasteiger partial charge in [-0.1, -0.05) is 60.7 Å². The van der Waals surface area contributed by atoms with E-state index in [-0.39, 0.29) is 12.5 Å². The summed E-state index contributed by atoms with van der Waals surface area (Å²) in [6.45, 7) is -0.0306. The van der Waals surface area contributed by atoms with Crippen LogP contribution in [0.2, 0.25) is 0 Å². The highest BCUT2D eigenvalue weighted by molar-refractivity contribution is 5.89. The van der Waals surface area contributed by atoms with E-state index in [9.17, 15) is 9.59 Å². The number of primary amides is 1. The lowest BCUT2D eigenvalue weighted by atomic mass is 10.1. The van der Waals surface area contributed by atoms with Crippen molar-refractivity contribution in [2.45, 2.75) is 19.4 Å². The van der Waals surface area contributed by atoms with Crippen LogP contribution < -0.4 is 11.2 Å². The number of aryl methyl sites for hydroxylation is 1. The molecule has 3 rings (SSSR count). The zero-order valence-corrected chi connectivity index (χ0v) is 15.3. The van der Waals surface area contributed by atoms with Crippen molar-refractivity contribution in [2.75, 3.05) is 0 Å². The summed E-state index contributed by atoms with van der Waals surface area (Å²) in [5, 5.41) is 8.44. The van der Waals surface area contributed by atoms with Gasteiger partial charge in [-0.25, -0.2) is 5.43 Å². The number of hydrogen-bond donors (Lipinski definition) is 2. The Labute approximate surface area is 162 Å². The SMILES string of the molecule is NC(=O)Cn1cc(C=NNC(=O)CCc2ccccc2)c(-c2ccccc2)n1. The molecule has 0 spiro atoms. The first kappa shape index (κ1) is 19.0. The number of carbonyl (C=O) groups is 2. The van der Waals surface area contributed by atoms with Gasteiger partial charge in [0.25, 0.3) is 0 Å². The van der Waals surface area contributed by atoms with Crippen LogP contribution in [0, 0.1) is 0 Å². The Morgan fingerprint density at radius 2 is 1.75 bits per heavy atom. The molecule has 0 aliphatic rings. The fourth-order valence-corrected chi connectivity index (χ4v) is 2.72. The first-order chi connectivity index (χ1) is 13.6. The molecule has 0 saturated carbocycles. The molecular weight excluding hydrogens is 354 g/mol. The number of amides is 2. The molecule has 0 radical (unpaired) electrons. The number of benzene rings is 2. The van der Waals surface area contributed by atoms with E-state index in [1.54, 1.807) is 6.20 Å². The van der Waals surface area contributed by atoms with Crippen LogP contribution in [-0.4, -0.2) is 27.8 Å². The van der Waals surface area contributed by atoms with Crippen molar-refractivity contribution < 1.29 is 9.59 Å². The molecule has 1 heterocycles. The second-order valence-electron chi connectivity index (χ2n) is 6.24. The van der Waals surface area contributed by atoms with Crippen LogP contribution >= 0.6 is 0 Å². The molecule has 7 nitrogen and oxygen atoms in total. The minimum absolute atomic E-state index is 0.0306. The van der Waals surface area contributed by atoms with Gasteiger partial charge in [-0.05, 0) is 12.0 Å². The first-order valence-corrected chi connectivity index (χ1v) is 8.89. The Kier molecular flexibility index (Phi) is 6.30. The third-order valence-corrected chi connectivity index (χ3v) is 4.03. The average Bonchev–Trinajstić information content (AvgIpc) is 3.09. The Bertz CT molecular complexity index is 965. The summed E-state index contributed by atoms with van der Waals surface area (Å²) < 4.78 is 1.46. The van der Waals surface area contributed by atoms with Crippen LogP contribution in [0.4, 0.5) is 0 Å². The smallest absolute Gasteiger partial charge is 0.240 e. The molecule has 142 valence electrons. The number of nitrogens with two attached hydrogens (primary N) is 1. The van der Waals surface area contributed by atoms with Crippen molar-refractivity contribution in [1.82, 2.24) is 15.2 Å². The number of hydrogen-bond acceptors (Lipinski definition) is 4. The van der Waals surface area contributed by atoms with Gasteiger partial charge >= 0.3 is 0 Å². The fourth-order valence-electron chi connectivity index (χ4n) is 2.72. The van der Waals surface area contributed by atoms with Gasteiger partial charge in [0, 0.05) is 23.7 Å². The normalized spacial score (nSPS) is 10.9. The Balaban J connectivity index is 1.67. The Morgan fingerprint density at radius 3 is 2.43 bits per heavy atom. The van der Waals surface area contributed by atoms with Crippen molar-refractivity contribution >= 4 is 18.0 Å². The summed E-state index contributed by atoms with van der Waals surface area (Å²) >= 11 is 0. The minimum Gasteiger partial charge on any atom is -0.368 e. The Hall–Kier alpha value is -3.74. The predicted molar refractivity (Wildman–Crippen MR) is 107 cm³/mol. The second kappa shape index (κ2) is 9.27. The predicted octanol–water partition coefficient (Wildman–Crippen LogP) is 2.12. The van der Waals surface area contributed by atoms with E-state index in [0.29, 0.717) is 24.1 Å². The van der Waals surface area contributed by atoms with Gasteiger partial charge < -0.3 is 5.73 Å². The number of nitrogens with zero attached hydrogens (tertiary/aromatic N) is 3. The number of carbonyl (C=O) groups excluding carboxylic acids is 2. The number of rotatable bonds is 8. The lowest BCUT2D eigenvalue weighted by Gasteiger charge is -2.01. The van der Waals surface area contributed by atoms with Crippen molar-refractivity contribution in [3.63, 3.8) is 0 Å². The van der Waals surface area contributed by atoms with Crippen molar-refractivity contribution in [1.29, 1.82) is 0 Å². The maximum atomic E-state index is 12.0. The minimum atomic E-state index is -0.486. The zero-order valence-electron chi connectivity index (χ0n) is 15.3. The summed E-state index contributed by atoms with van der Waals surface area (Å²) in [7, 11) is 0. The molecule has 7 heteroatoms. The van der Waals surface area contributed by atoms with Crippen molar-refractivity contribution in [2.24, 2.45) is 10.8 Å². The maximum Gasteiger partial charge on any atom is 0.240 e. The quantitative estimate of drug-likeness (QED) is 0.466. The van der Waals surface area contributed by atoms with Gasteiger partial charge in [0.05, 0.1) is 6.21 Å². The van der Waals surface area contributed by atoms with Gasteiger partial charge in [0.15, 0.2) is 0 Å². The van der Waals surface area contributed by atoms with E-state index in [1.807, 2.05) is 60.7 Å². The summed E-state index contributed by atoms with van der Waals surface area (Å²) in [6, 6.07) is 19.3. The van der Waals surface area contributed by atoms with Crippen molar-refractivity contribution in [3.05, 3.63) is 78.0 Å². The molecule has 0 unspecified atom stereocenters. The zero-order chi connectivity index (χ0) is 19.8. The van der Waals surface area contributed by atoms with Crippen LogP contribution in [0.15, 0.2) is 72.0 Å². The molecule has 0 aliphatic carbocycles. The van der Waals surface area contributed by atoms with Crippen LogP contribution in [0.5, 0.6) is 0 Å². The third kappa shape index (κ3) is 5.38. The van der Waals surface area contributed by atoms with Gasteiger partial charge in [0.2, 0.25) is 11.8 Å². The van der Waals surface area contributed by atoms with Crippen molar-refractivity contribution in [3.8, 4) is 11.3 Å². The number of aromatic nitrogens is 2. The summed E-state index contributed by atoms with van der Waals surface area (Å²) in [5.41, 5.74) is 11.1. The number of hydrazone groups is 1. The third-order valence-electron chi connectivity index (χ3n) is 4.03. The molecule has 0 saturated heterocycles. The molecule has 2 amide bonds. The highest BCUT2D eigenvalue weighted by Crippen LogP contribution is 2.20. The van der Waals surface area contributed by atoms with Crippen LogP contribution in [-0.2, 0) is 22.6 Å². The van der Waals surface area contributed by atoms with E-state index in [2.05, 4.69) is 15.6 Å². The van der Waals surface area contributed by atoms with E-state index >= 15 is 0 Å². The lowest BCUT2D eigenvalue weighted by Crippen LogP contribution is -2.19. The largest absolute Gasteiger partial charge is 0.368 e. The molecule has 3 N–H and O–H groups in total. The molecule has 28 heavy (non-hydrogen) atoms. The molecule has 3 aromatic rings. The lowest BCUT2D eigenvalue weighted by molar-refractivity contribution is -0.121. The number of nitrogens with one attached hydrogen (secondary N) is 1. The monoisotopic (exact) mass is 375 g/mol. The first-order valence-electron chi connectivity index (χ1n) is 8.89. The average molecular weight is 375 g/mol. The maximum absolute atomic E-state index is 12.0. The molecular formula is C21H21N5O2. The molecule has 0 atom stereocenters. The van der Waals surface area contributed by atoms with Gasteiger partial charge in [0.1, 0.15) is 12.2 Å². The Morgan fingerprint density at radius 1 is 1.07 bits per heavy atom. The molecule has 0 fully saturated rings. The van der Waals surface area contributed by atoms with Crippen LogP contribution in [0.1, 0.15) is 17.5 Å². The van der Waals surface area contributed by atoms with Gasteiger partial charge in [-0.2, -0.15) is 10.2 Å². The second-order valence-corrected chi connectivity index (χ2v) is 6.24. The van der Waals surface area contributed by atoms with E-state index in [1.165, 1.54) is 10.9 Å². The fraction of sp³-hybridized carbons (Fsp3) is 0.143. The molecule has 1 aromatic heterocycles. The topological polar surface area (TPSA) is 102 Å².